The molecular formula is C11H9Cl. The fourth-order valence-corrected chi connectivity index (χ4v) is 2.76. The molecule has 3 rings (SSSR count). The maximum absolute atomic E-state index is 6.04. The average Bonchev–Trinajstić information content (AvgIpc) is 2.35. The zero-order chi connectivity index (χ0) is 8.13. The number of hydrogen-bond donors (Lipinski definition) is 0. The van der Waals surface area contributed by atoms with Gasteiger partial charge in [-0.05, 0) is 23.5 Å². The minimum atomic E-state index is 0.544. The van der Waals surface area contributed by atoms with Gasteiger partial charge in [0.1, 0.15) is 0 Å². The van der Waals surface area contributed by atoms with Gasteiger partial charge in [-0.2, -0.15) is 0 Å². The molecule has 0 amide bonds. The van der Waals surface area contributed by atoms with E-state index in [-0.39, 0.29) is 0 Å². The Hall–Kier alpha value is -0.750. The first-order valence-corrected chi connectivity index (χ1v) is 4.69. The van der Waals surface area contributed by atoms with Gasteiger partial charge < -0.3 is 0 Å². The van der Waals surface area contributed by atoms with Crippen molar-refractivity contribution in [3.05, 3.63) is 46.5 Å². The van der Waals surface area contributed by atoms with Crippen molar-refractivity contribution < 1.29 is 0 Å². The van der Waals surface area contributed by atoms with Crippen LogP contribution < -0.4 is 0 Å². The van der Waals surface area contributed by atoms with Crippen LogP contribution in [0.5, 0.6) is 0 Å². The molecule has 0 aromatic heterocycles. The smallest absolute Gasteiger partial charge is 0.0263 e. The Morgan fingerprint density at radius 1 is 1.25 bits per heavy atom. The predicted molar refractivity (Wildman–Crippen MR) is 50.3 cm³/mol. The number of rotatable bonds is 0. The minimum Gasteiger partial charge on any atom is -0.0888 e. The van der Waals surface area contributed by atoms with Crippen LogP contribution in [0.4, 0.5) is 0 Å². The summed E-state index contributed by atoms with van der Waals surface area (Å²) >= 11 is 6.04. The van der Waals surface area contributed by atoms with Gasteiger partial charge in [-0.1, -0.05) is 41.9 Å². The summed E-state index contributed by atoms with van der Waals surface area (Å²) in [7, 11) is 0. The van der Waals surface area contributed by atoms with Crippen molar-refractivity contribution >= 4 is 11.6 Å². The third-order valence-electron chi connectivity index (χ3n) is 2.94. The second-order valence-corrected chi connectivity index (χ2v) is 4.03. The van der Waals surface area contributed by atoms with E-state index < -0.39 is 0 Å². The van der Waals surface area contributed by atoms with Gasteiger partial charge in [0.15, 0.2) is 0 Å². The van der Waals surface area contributed by atoms with Crippen LogP contribution in [0, 0.1) is 5.92 Å². The van der Waals surface area contributed by atoms with Gasteiger partial charge in [0, 0.05) is 11.0 Å². The van der Waals surface area contributed by atoms with Crippen LogP contribution >= 0.6 is 11.6 Å². The molecule has 12 heavy (non-hydrogen) atoms. The molecule has 1 aromatic carbocycles. The molecule has 0 radical (unpaired) electrons. The van der Waals surface area contributed by atoms with E-state index in [4.69, 9.17) is 11.6 Å². The fraction of sp³-hybridized carbons (Fsp3) is 0.273. The number of fused-ring (bicyclic) bond motifs is 3. The Bertz CT molecular complexity index is 365. The SMILES string of the molecule is ClC1=CC2Cc3ccccc3C12. The summed E-state index contributed by atoms with van der Waals surface area (Å²) in [6.07, 6.45) is 3.38. The van der Waals surface area contributed by atoms with Crippen molar-refractivity contribution in [2.75, 3.05) is 0 Å². The van der Waals surface area contributed by atoms with E-state index in [0.717, 1.165) is 5.03 Å². The number of hydrogen-bond acceptors (Lipinski definition) is 0. The van der Waals surface area contributed by atoms with Gasteiger partial charge in [-0.25, -0.2) is 0 Å². The third-order valence-corrected chi connectivity index (χ3v) is 3.31. The number of halogens is 1. The Morgan fingerprint density at radius 2 is 2.08 bits per heavy atom. The van der Waals surface area contributed by atoms with Gasteiger partial charge in [-0.3, -0.25) is 0 Å². The van der Waals surface area contributed by atoms with Crippen LogP contribution in [0.25, 0.3) is 0 Å². The van der Waals surface area contributed by atoms with Gasteiger partial charge in [0.25, 0.3) is 0 Å². The predicted octanol–water partition coefficient (Wildman–Crippen LogP) is 3.08. The molecule has 0 saturated carbocycles. The summed E-state index contributed by atoms with van der Waals surface area (Å²) < 4.78 is 0. The fourth-order valence-electron chi connectivity index (χ4n) is 2.32. The second-order valence-electron chi connectivity index (χ2n) is 3.60. The van der Waals surface area contributed by atoms with Crippen molar-refractivity contribution in [1.82, 2.24) is 0 Å². The van der Waals surface area contributed by atoms with Crippen LogP contribution in [0.1, 0.15) is 17.0 Å². The molecule has 1 aromatic rings. The summed E-state index contributed by atoms with van der Waals surface area (Å²) in [5.41, 5.74) is 2.94. The molecule has 0 nitrogen and oxygen atoms in total. The number of benzene rings is 1. The first-order valence-electron chi connectivity index (χ1n) is 4.31. The lowest BCUT2D eigenvalue weighted by Crippen LogP contribution is -2.15. The summed E-state index contributed by atoms with van der Waals surface area (Å²) in [5, 5.41) is 1.05. The first-order chi connectivity index (χ1) is 5.86. The van der Waals surface area contributed by atoms with E-state index >= 15 is 0 Å². The Kier molecular flexibility index (Phi) is 1.20. The minimum absolute atomic E-state index is 0.544. The van der Waals surface area contributed by atoms with E-state index in [1.165, 1.54) is 17.5 Å². The summed E-state index contributed by atoms with van der Waals surface area (Å²) in [6.45, 7) is 0. The van der Waals surface area contributed by atoms with E-state index in [1.54, 1.807) is 0 Å². The first kappa shape index (κ1) is 6.73. The highest BCUT2D eigenvalue weighted by Gasteiger charge is 2.39. The van der Waals surface area contributed by atoms with E-state index in [2.05, 4.69) is 30.3 Å². The maximum Gasteiger partial charge on any atom is 0.0263 e. The summed E-state index contributed by atoms with van der Waals surface area (Å²) in [5.74, 6) is 1.25. The molecule has 0 spiro atoms. The lowest BCUT2D eigenvalue weighted by atomic mass is 9.82. The van der Waals surface area contributed by atoms with Crippen LogP contribution in [0.15, 0.2) is 35.4 Å². The molecule has 2 aliphatic rings. The molecule has 2 unspecified atom stereocenters. The summed E-state index contributed by atoms with van der Waals surface area (Å²) in [4.78, 5) is 0. The molecule has 0 N–H and O–H groups in total. The van der Waals surface area contributed by atoms with Crippen molar-refractivity contribution in [2.24, 2.45) is 5.92 Å². The lowest BCUT2D eigenvalue weighted by Gasteiger charge is -2.26. The van der Waals surface area contributed by atoms with Gasteiger partial charge in [0.2, 0.25) is 0 Å². The van der Waals surface area contributed by atoms with Crippen LogP contribution in [0.2, 0.25) is 0 Å². The molecule has 0 bridgehead atoms. The highest BCUT2D eigenvalue weighted by molar-refractivity contribution is 6.31. The van der Waals surface area contributed by atoms with Crippen LogP contribution in [0.3, 0.4) is 0 Å². The maximum atomic E-state index is 6.04. The normalized spacial score (nSPS) is 30.2. The van der Waals surface area contributed by atoms with Crippen molar-refractivity contribution in [3.63, 3.8) is 0 Å². The molecule has 2 atom stereocenters. The van der Waals surface area contributed by atoms with Crippen molar-refractivity contribution in [1.29, 1.82) is 0 Å². The molecule has 0 fully saturated rings. The topological polar surface area (TPSA) is 0 Å². The molecule has 0 heterocycles. The van der Waals surface area contributed by atoms with Crippen LogP contribution in [-0.4, -0.2) is 0 Å². The van der Waals surface area contributed by atoms with Gasteiger partial charge >= 0.3 is 0 Å². The zero-order valence-corrected chi connectivity index (χ0v) is 7.38. The number of allylic oxidation sites excluding steroid dienone is 2. The molecule has 0 aliphatic heterocycles. The van der Waals surface area contributed by atoms with E-state index in [0.29, 0.717) is 11.8 Å². The monoisotopic (exact) mass is 176 g/mol. The summed E-state index contributed by atoms with van der Waals surface area (Å²) in [6, 6.07) is 8.63. The van der Waals surface area contributed by atoms with Crippen molar-refractivity contribution in [2.45, 2.75) is 12.3 Å². The highest BCUT2D eigenvalue weighted by atomic mass is 35.5. The van der Waals surface area contributed by atoms with Crippen molar-refractivity contribution in [3.8, 4) is 0 Å². The molecule has 60 valence electrons. The van der Waals surface area contributed by atoms with E-state index in [1.807, 2.05) is 0 Å². The Labute approximate surface area is 76.9 Å². The second kappa shape index (κ2) is 2.14. The Balaban J connectivity index is 2.15. The van der Waals surface area contributed by atoms with Gasteiger partial charge in [-0.15, -0.1) is 0 Å². The zero-order valence-electron chi connectivity index (χ0n) is 6.63. The Morgan fingerprint density at radius 3 is 2.92 bits per heavy atom. The lowest BCUT2D eigenvalue weighted by molar-refractivity contribution is 0.567. The van der Waals surface area contributed by atoms with Crippen LogP contribution in [-0.2, 0) is 6.42 Å². The molecule has 1 heteroatoms. The largest absolute Gasteiger partial charge is 0.0888 e. The molecular weight excluding hydrogens is 168 g/mol. The third kappa shape index (κ3) is 0.688. The standard InChI is InChI=1S/C11H9Cl/c12-10-6-8-5-7-3-1-2-4-9(7)11(8)10/h1-4,6,8,11H,5H2. The highest BCUT2D eigenvalue weighted by Crippen LogP contribution is 2.51. The molecule has 0 saturated heterocycles. The average molecular weight is 177 g/mol. The van der Waals surface area contributed by atoms with Gasteiger partial charge in [0.05, 0.1) is 0 Å². The molecule has 2 aliphatic carbocycles. The quantitative estimate of drug-likeness (QED) is 0.570. The van der Waals surface area contributed by atoms with E-state index in [9.17, 15) is 0 Å².